The van der Waals surface area contributed by atoms with Gasteiger partial charge in [0.05, 0.1) is 20.9 Å². The number of hydrogen-bond acceptors (Lipinski definition) is 7. The van der Waals surface area contributed by atoms with Crippen molar-refractivity contribution in [2.24, 2.45) is 0 Å². The molecule has 1 aliphatic rings. The second-order valence-corrected chi connectivity index (χ2v) is 11.9. The molecule has 0 unspecified atom stereocenters. The summed E-state index contributed by atoms with van der Waals surface area (Å²) in [6.45, 7) is 6.99. The van der Waals surface area contributed by atoms with Gasteiger partial charge >= 0.3 is 0 Å². The maximum absolute atomic E-state index is 12.4. The fourth-order valence-electron chi connectivity index (χ4n) is 4.01. The number of benzene rings is 2. The number of fused-ring (bicyclic) bond motifs is 1. The third kappa shape index (κ3) is 6.07. The number of aromatic nitrogens is 1. The second kappa shape index (κ2) is 11.0. The van der Waals surface area contributed by atoms with Crippen molar-refractivity contribution in [2.75, 3.05) is 49.9 Å². The number of sulfone groups is 1. The highest BCUT2D eigenvalue weighted by Crippen LogP contribution is 2.31. The maximum atomic E-state index is 12.4. The van der Waals surface area contributed by atoms with Gasteiger partial charge in [0.1, 0.15) is 0 Å². The first-order valence-corrected chi connectivity index (χ1v) is 14.3. The molecule has 1 aliphatic heterocycles. The zero-order chi connectivity index (χ0) is 24.1. The molecule has 3 aromatic rings. The van der Waals surface area contributed by atoms with Crippen molar-refractivity contribution in [3.05, 3.63) is 53.1 Å². The van der Waals surface area contributed by atoms with Crippen molar-refractivity contribution in [1.29, 1.82) is 0 Å². The van der Waals surface area contributed by atoms with E-state index in [1.165, 1.54) is 34.5 Å². The molecule has 0 radical (unpaired) electrons. The molecule has 1 aromatic heterocycles. The van der Waals surface area contributed by atoms with Gasteiger partial charge in [-0.05, 0) is 42.3 Å². The fourth-order valence-corrected chi connectivity index (χ4v) is 6.44. The third-order valence-electron chi connectivity index (χ3n) is 6.04. The van der Waals surface area contributed by atoms with Crippen LogP contribution in [0.15, 0.2) is 47.4 Å². The minimum absolute atomic E-state index is 0.0594. The predicted molar refractivity (Wildman–Crippen MR) is 139 cm³/mol. The second-order valence-electron chi connectivity index (χ2n) is 8.32. The number of nitrogens with one attached hydrogen (secondary N) is 1. The molecule has 1 saturated heterocycles. The highest BCUT2D eigenvalue weighted by atomic mass is 35.5. The summed E-state index contributed by atoms with van der Waals surface area (Å²) >= 11 is 7.56. The number of amides is 1. The van der Waals surface area contributed by atoms with Gasteiger partial charge in [0.15, 0.2) is 15.0 Å². The van der Waals surface area contributed by atoms with Crippen LogP contribution in [-0.4, -0.2) is 69.2 Å². The molecule has 4 rings (SSSR count). The summed E-state index contributed by atoms with van der Waals surface area (Å²) in [5, 5.41) is 4.40. The summed E-state index contributed by atoms with van der Waals surface area (Å²) in [6, 6.07) is 12.4. The summed E-state index contributed by atoms with van der Waals surface area (Å²) in [7, 11) is -3.50. The van der Waals surface area contributed by atoms with Gasteiger partial charge < -0.3 is 10.2 Å². The molecule has 1 fully saturated rings. The molecule has 34 heavy (non-hydrogen) atoms. The molecule has 0 spiro atoms. The Bertz CT molecular complexity index is 1240. The molecule has 7 nitrogen and oxygen atoms in total. The minimum Gasteiger partial charge on any atom is -0.355 e. The lowest BCUT2D eigenvalue weighted by Crippen LogP contribution is -2.48. The molecule has 1 amide bonds. The van der Waals surface area contributed by atoms with Crippen LogP contribution in [0.25, 0.3) is 10.2 Å². The molecule has 1 N–H and O–H groups in total. The van der Waals surface area contributed by atoms with Gasteiger partial charge in [0.2, 0.25) is 5.91 Å². The smallest absolute Gasteiger partial charge is 0.221 e. The van der Waals surface area contributed by atoms with E-state index in [0.29, 0.717) is 11.6 Å². The van der Waals surface area contributed by atoms with Gasteiger partial charge in [-0.1, -0.05) is 42.0 Å². The van der Waals surface area contributed by atoms with Gasteiger partial charge in [0.25, 0.3) is 0 Å². The van der Waals surface area contributed by atoms with Crippen LogP contribution in [0.3, 0.4) is 0 Å². The van der Waals surface area contributed by atoms with Gasteiger partial charge in [-0.3, -0.25) is 9.69 Å². The average Bonchev–Trinajstić information content (AvgIpc) is 3.28. The molecule has 0 atom stereocenters. The van der Waals surface area contributed by atoms with Crippen LogP contribution in [0.1, 0.15) is 18.9 Å². The number of halogens is 1. The minimum atomic E-state index is -3.50. The highest BCUT2D eigenvalue weighted by Gasteiger charge is 2.21. The summed E-state index contributed by atoms with van der Waals surface area (Å²) in [6.07, 6.45) is 0.920. The first-order valence-electron chi connectivity index (χ1n) is 11.5. The van der Waals surface area contributed by atoms with Crippen LogP contribution in [0.4, 0.5) is 5.13 Å². The van der Waals surface area contributed by atoms with E-state index in [9.17, 15) is 13.2 Å². The number of rotatable bonds is 9. The number of carbonyl (C=O) groups is 1. The van der Waals surface area contributed by atoms with Gasteiger partial charge in [0, 0.05) is 50.7 Å². The van der Waals surface area contributed by atoms with E-state index in [1.807, 2.05) is 0 Å². The number of anilines is 1. The zero-order valence-corrected chi connectivity index (χ0v) is 21.6. The Balaban J connectivity index is 1.19. The molecule has 0 bridgehead atoms. The van der Waals surface area contributed by atoms with Crippen molar-refractivity contribution in [1.82, 2.24) is 15.2 Å². The van der Waals surface area contributed by atoms with Crippen molar-refractivity contribution < 1.29 is 13.2 Å². The van der Waals surface area contributed by atoms with Crippen LogP contribution in [-0.2, 0) is 21.1 Å². The van der Waals surface area contributed by atoms with Crippen LogP contribution in [0, 0.1) is 0 Å². The van der Waals surface area contributed by atoms with E-state index < -0.39 is 9.84 Å². The molecule has 0 aliphatic carbocycles. The largest absolute Gasteiger partial charge is 0.355 e. The Hall–Kier alpha value is -2.20. The fraction of sp³-hybridized carbons (Fsp3) is 0.417. The number of piperazine rings is 1. The molecule has 0 saturated carbocycles. The summed E-state index contributed by atoms with van der Waals surface area (Å²) in [4.78, 5) is 21.9. The van der Waals surface area contributed by atoms with Crippen LogP contribution < -0.4 is 10.2 Å². The van der Waals surface area contributed by atoms with Crippen LogP contribution >= 0.6 is 22.9 Å². The predicted octanol–water partition coefficient (Wildman–Crippen LogP) is 3.61. The van der Waals surface area contributed by atoms with Crippen molar-refractivity contribution >= 4 is 54.0 Å². The van der Waals surface area contributed by atoms with E-state index in [1.54, 1.807) is 11.3 Å². The lowest BCUT2D eigenvalue weighted by Gasteiger charge is -2.34. The number of aryl methyl sites for hydroxylation is 1. The Kier molecular flexibility index (Phi) is 8.08. The van der Waals surface area contributed by atoms with Gasteiger partial charge in [-0.15, -0.1) is 0 Å². The maximum Gasteiger partial charge on any atom is 0.221 e. The number of hydrogen-bond donors (Lipinski definition) is 1. The first-order chi connectivity index (χ1) is 16.4. The molecular weight excluding hydrogens is 492 g/mol. The van der Waals surface area contributed by atoms with E-state index >= 15 is 0 Å². The first kappa shape index (κ1) is 24.9. The molecule has 2 aromatic carbocycles. The standard InChI is InChI=1S/C24H29ClN4O3S2/c1-2-18-4-3-5-21-23(18)27-24(33-21)29-15-13-28(14-16-29)12-11-26-22(30)10-17-34(31,32)20-8-6-19(25)7-9-20/h3-9H,2,10-17H2,1H3,(H,26,30). The summed E-state index contributed by atoms with van der Waals surface area (Å²) in [5.74, 6) is -0.474. The van der Waals surface area contributed by atoms with E-state index in [4.69, 9.17) is 16.6 Å². The van der Waals surface area contributed by atoms with Crippen molar-refractivity contribution in [2.45, 2.75) is 24.7 Å². The lowest BCUT2D eigenvalue weighted by molar-refractivity contribution is -0.120. The van der Waals surface area contributed by atoms with E-state index in [2.05, 4.69) is 40.2 Å². The van der Waals surface area contributed by atoms with E-state index in [-0.39, 0.29) is 23.0 Å². The van der Waals surface area contributed by atoms with Gasteiger partial charge in [-0.25, -0.2) is 13.4 Å². The Morgan fingerprint density at radius 3 is 2.56 bits per heavy atom. The Labute approximate surface area is 209 Å². The molecule has 182 valence electrons. The van der Waals surface area contributed by atoms with Crippen LogP contribution in [0.5, 0.6) is 0 Å². The van der Waals surface area contributed by atoms with Gasteiger partial charge in [-0.2, -0.15) is 0 Å². The van der Waals surface area contributed by atoms with E-state index in [0.717, 1.165) is 49.8 Å². The number of para-hydroxylation sites is 1. The number of thiazole rings is 1. The van der Waals surface area contributed by atoms with Crippen molar-refractivity contribution in [3.63, 3.8) is 0 Å². The number of nitrogens with zero attached hydrogens (tertiary/aromatic N) is 3. The SMILES string of the molecule is CCc1cccc2sc(N3CCN(CCNC(=O)CCS(=O)(=O)c4ccc(Cl)cc4)CC3)nc12. The summed E-state index contributed by atoms with van der Waals surface area (Å²) in [5.41, 5.74) is 2.41. The molecule has 10 heteroatoms. The highest BCUT2D eigenvalue weighted by molar-refractivity contribution is 7.91. The molecule has 2 heterocycles. The summed E-state index contributed by atoms with van der Waals surface area (Å²) < 4.78 is 26.0. The third-order valence-corrected chi connectivity index (χ3v) is 9.10. The Morgan fingerprint density at radius 2 is 1.85 bits per heavy atom. The zero-order valence-electron chi connectivity index (χ0n) is 19.2. The normalized spacial score (nSPS) is 15.1. The molecular formula is C24H29ClN4O3S2. The Morgan fingerprint density at radius 1 is 1.12 bits per heavy atom. The van der Waals surface area contributed by atoms with Crippen LogP contribution in [0.2, 0.25) is 5.02 Å². The topological polar surface area (TPSA) is 82.6 Å². The number of carbonyl (C=O) groups excluding carboxylic acids is 1. The lowest BCUT2D eigenvalue weighted by atomic mass is 10.1. The van der Waals surface area contributed by atoms with Crippen molar-refractivity contribution in [3.8, 4) is 0 Å². The quantitative estimate of drug-likeness (QED) is 0.464. The average molecular weight is 521 g/mol. The monoisotopic (exact) mass is 520 g/mol.